The van der Waals surface area contributed by atoms with Gasteiger partial charge in [-0.3, -0.25) is 0 Å². The third kappa shape index (κ3) is 4.73. The van der Waals surface area contributed by atoms with Gasteiger partial charge in [-0.25, -0.2) is 13.1 Å². The van der Waals surface area contributed by atoms with E-state index in [0.717, 1.165) is 16.9 Å². The van der Waals surface area contributed by atoms with E-state index in [1.54, 1.807) is 31.4 Å². The number of benzene rings is 2. The van der Waals surface area contributed by atoms with Crippen molar-refractivity contribution in [1.82, 2.24) is 4.72 Å². The summed E-state index contributed by atoms with van der Waals surface area (Å²) in [5, 5.41) is 0.586. The highest BCUT2D eigenvalue weighted by Crippen LogP contribution is 2.18. The Morgan fingerprint density at radius 3 is 2.32 bits per heavy atom. The Kier molecular flexibility index (Phi) is 5.45. The normalized spacial score (nSPS) is 11.4. The van der Waals surface area contributed by atoms with Crippen LogP contribution in [0.15, 0.2) is 42.5 Å². The molecule has 0 aliphatic rings. The molecule has 0 radical (unpaired) electrons. The molecule has 118 valence electrons. The summed E-state index contributed by atoms with van der Waals surface area (Å²) in [6, 6.07) is 12.4. The predicted octanol–water partition coefficient (Wildman–Crippen LogP) is 3.28. The van der Waals surface area contributed by atoms with Crippen molar-refractivity contribution in [2.75, 3.05) is 7.11 Å². The third-order valence-electron chi connectivity index (χ3n) is 3.23. The molecule has 0 saturated heterocycles. The van der Waals surface area contributed by atoms with Crippen LogP contribution in [0.3, 0.4) is 0 Å². The Morgan fingerprint density at radius 2 is 1.73 bits per heavy atom. The van der Waals surface area contributed by atoms with Crippen LogP contribution in [0.5, 0.6) is 5.75 Å². The molecule has 2 rings (SSSR count). The third-order valence-corrected chi connectivity index (χ3v) is 4.77. The number of methoxy groups -OCH3 is 1. The van der Waals surface area contributed by atoms with Gasteiger partial charge in [-0.2, -0.15) is 0 Å². The van der Waals surface area contributed by atoms with Gasteiger partial charge in [-0.1, -0.05) is 35.9 Å². The van der Waals surface area contributed by atoms with Crippen LogP contribution in [0.25, 0.3) is 0 Å². The molecule has 0 aliphatic heterocycles. The molecule has 0 saturated carbocycles. The molecule has 0 fully saturated rings. The fourth-order valence-corrected chi connectivity index (χ4v) is 3.34. The number of ether oxygens (including phenoxy) is 1. The van der Waals surface area contributed by atoms with E-state index in [9.17, 15) is 8.42 Å². The zero-order valence-electron chi connectivity index (χ0n) is 12.5. The van der Waals surface area contributed by atoms with E-state index in [-0.39, 0.29) is 12.3 Å². The van der Waals surface area contributed by atoms with Crippen LogP contribution in [0.2, 0.25) is 5.02 Å². The summed E-state index contributed by atoms with van der Waals surface area (Å²) >= 11 is 5.79. The molecule has 4 nitrogen and oxygen atoms in total. The molecule has 0 bridgehead atoms. The van der Waals surface area contributed by atoms with Gasteiger partial charge in [0.15, 0.2) is 0 Å². The second kappa shape index (κ2) is 7.13. The van der Waals surface area contributed by atoms with Gasteiger partial charge in [-0.15, -0.1) is 0 Å². The van der Waals surface area contributed by atoms with Crippen molar-refractivity contribution in [2.24, 2.45) is 0 Å². The Hall–Kier alpha value is -1.56. The quantitative estimate of drug-likeness (QED) is 0.878. The fourth-order valence-electron chi connectivity index (χ4n) is 2.09. The minimum absolute atomic E-state index is 0.0701. The largest absolute Gasteiger partial charge is 0.496 e. The van der Waals surface area contributed by atoms with Crippen LogP contribution in [0, 0.1) is 6.92 Å². The van der Waals surface area contributed by atoms with Gasteiger partial charge in [0.2, 0.25) is 10.0 Å². The molecule has 22 heavy (non-hydrogen) atoms. The topological polar surface area (TPSA) is 55.4 Å². The van der Waals surface area contributed by atoms with Gasteiger partial charge in [-0.05, 0) is 41.8 Å². The molecule has 0 unspecified atom stereocenters. The van der Waals surface area contributed by atoms with E-state index >= 15 is 0 Å². The summed E-state index contributed by atoms with van der Waals surface area (Å²) in [5.41, 5.74) is 2.55. The molecule has 2 aromatic rings. The highest BCUT2D eigenvalue weighted by molar-refractivity contribution is 7.88. The summed E-state index contributed by atoms with van der Waals surface area (Å²) in [4.78, 5) is 0. The molecule has 0 aromatic heterocycles. The van der Waals surface area contributed by atoms with Crippen LogP contribution in [-0.4, -0.2) is 15.5 Å². The first kappa shape index (κ1) is 16.8. The van der Waals surface area contributed by atoms with E-state index in [0.29, 0.717) is 10.6 Å². The molecule has 0 aliphatic carbocycles. The average Bonchev–Trinajstić information content (AvgIpc) is 2.48. The Morgan fingerprint density at radius 1 is 1.09 bits per heavy atom. The Balaban J connectivity index is 2.00. The number of hydrogen-bond acceptors (Lipinski definition) is 3. The van der Waals surface area contributed by atoms with Gasteiger partial charge >= 0.3 is 0 Å². The van der Waals surface area contributed by atoms with Crippen LogP contribution in [-0.2, 0) is 22.3 Å². The number of hydrogen-bond donors (Lipinski definition) is 1. The fraction of sp³-hybridized carbons (Fsp3) is 0.250. The number of rotatable bonds is 6. The summed E-state index contributed by atoms with van der Waals surface area (Å²) < 4.78 is 32.0. The predicted molar refractivity (Wildman–Crippen MR) is 88.6 cm³/mol. The first-order valence-electron chi connectivity index (χ1n) is 6.75. The van der Waals surface area contributed by atoms with Gasteiger partial charge in [0.25, 0.3) is 0 Å². The lowest BCUT2D eigenvalue weighted by Gasteiger charge is -2.09. The highest BCUT2D eigenvalue weighted by Gasteiger charge is 2.11. The number of halogens is 1. The molecule has 1 N–H and O–H groups in total. The van der Waals surface area contributed by atoms with Gasteiger partial charge < -0.3 is 4.74 Å². The van der Waals surface area contributed by atoms with Crippen molar-refractivity contribution >= 4 is 21.6 Å². The standard InChI is InChI=1S/C16H18ClNO3S/c1-12-9-14(5-8-16(12)21-2)10-18-22(19,20)11-13-3-6-15(17)7-4-13/h3-9,18H,10-11H2,1-2H3. The van der Waals surface area contributed by atoms with E-state index in [1.807, 2.05) is 25.1 Å². The lowest BCUT2D eigenvalue weighted by atomic mass is 10.1. The highest BCUT2D eigenvalue weighted by atomic mass is 35.5. The molecule has 0 atom stereocenters. The maximum absolute atomic E-state index is 12.1. The molecule has 6 heteroatoms. The Bertz CT molecular complexity index is 742. The maximum atomic E-state index is 12.1. The summed E-state index contributed by atoms with van der Waals surface area (Å²) in [6.45, 7) is 2.17. The zero-order chi connectivity index (χ0) is 16.2. The first-order valence-corrected chi connectivity index (χ1v) is 8.78. The van der Waals surface area contributed by atoms with E-state index in [4.69, 9.17) is 16.3 Å². The smallest absolute Gasteiger partial charge is 0.216 e. The number of aryl methyl sites for hydroxylation is 1. The Labute approximate surface area is 136 Å². The lowest BCUT2D eigenvalue weighted by Crippen LogP contribution is -2.24. The van der Waals surface area contributed by atoms with E-state index in [2.05, 4.69) is 4.72 Å². The second-order valence-corrected chi connectivity index (χ2v) is 7.25. The molecule has 0 amide bonds. The van der Waals surface area contributed by atoms with E-state index < -0.39 is 10.0 Å². The van der Waals surface area contributed by atoms with Crippen molar-refractivity contribution in [3.05, 3.63) is 64.2 Å². The number of sulfonamides is 1. The van der Waals surface area contributed by atoms with Gasteiger partial charge in [0.1, 0.15) is 5.75 Å². The molecule has 2 aromatic carbocycles. The summed E-state index contributed by atoms with van der Waals surface area (Å²) in [7, 11) is -1.79. The molecule has 0 spiro atoms. The van der Waals surface area contributed by atoms with E-state index in [1.165, 1.54) is 0 Å². The van der Waals surface area contributed by atoms with Crippen LogP contribution in [0.4, 0.5) is 0 Å². The SMILES string of the molecule is COc1ccc(CNS(=O)(=O)Cc2ccc(Cl)cc2)cc1C. The second-order valence-electron chi connectivity index (χ2n) is 5.01. The van der Waals surface area contributed by atoms with Crippen molar-refractivity contribution in [1.29, 1.82) is 0 Å². The van der Waals surface area contributed by atoms with Crippen molar-refractivity contribution in [2.45, 2.75) is 19.2 Å². The van der Waals surface area contributed by atoms with Crippen LogP contribution >= 0.6 is 11.6 Å². The van der Waals surface area contributed by atoms with Crippen LogP contribution < -0.4 is 9.46 Å². The van der Waals surface area contributed by atoms with Gasteiger partial charge in [0.05, 0.1) is 12.9 Å². The average molecular weight is 340 g/mol. The lowest BCUT2D eigenvalue weighted by molar-refractivity contribution is 0.411. The van der Waals surface area contributed by atoms with Gasteiger partial charge in [0, 0.05) is 11.6 Å². The maximum Gasteiger partial charge on any atom is 0.216 e. The van der Waals surface area contributed by atoms with Crippen molar-refractivity contribution < 1.29 is 13.2 Å². The van der Waals surface area contributed by atoms with Crippen LogP contribution in [0.1, 0.15) is 16.7 Å². The summed E-state index contributed by atoms with van der Waals surface area (Å²) in [6.07, 6.45) is 0. The zero-order valence-corrected chi connectivity index (χ0v) is 14.0. The minimum atomic E-state index is -3.40. The van der Waals surface area contributed by atoms with Crippen molar-refractivity contribution in [3.63, 3.8) is 0 Å². The molecular formula is C16H18ClNO3S. The summed E-state index contributed by atoms with van der Waals surface area (Å²) in [5.74, 6) is 0.715. The number of nitrogens with one attached hydrogen (secondary N) is 1. The molecular weight excluding hydrogens is 322 g/mol. The minimum Gasteiger partial charge on any atom is -0.496 e. The van der Waals surface area contributed by atoms with Crippen molar-refractivity contribution in [3.8, 4) is 5.75 Å². The monoisotopic (exact) mass is 339 g/mol. The molecule has 0 heterocycles. The first-order chi connectivity index (χ1) is 10.4.